The fraction of sp³-hybridized carbons (Fsp3) is 0.474. The van der Waals surface area contributed by atoms with E-state index < -0.39 is 0 Å². The molecule has 1 aromatic heterocycles. The molecule has 1 aliphatic rings. The summed E-state index contributed by atoms with van der Waals surface area (Å²) >= 11 is 0. The highest BCUT2D eigenvalue weighted by Gasteiger charge is 2.25. The summed E-state index contributed by atoms with van der Waals surface area (Å²) in [6.07, 6.45) is 0. The van der Waals surface area contributed by atoms with Crippen molar-refractivity contribution in [2.24, 2.45) is 0 Å². The Morgan fingerprint density at radius 2 is 2.04 bits per heavy atom. The molecular formula is C19H25N3O3. The molecule has 0 bridgehead atoms. The van der Waals surface area contributed by atoms with Crippen LogP contribution in [0.3, 0.4) is 0 Å². The summed E-state index contributed by atoms with van der Waals surface area (Å²) in [6.45, 7) is 9.33. The monoisotopic (exact) mass is 343 g/mol. The van der Waals surface area contributed by atoms with E-state index in [2.05, 4.69) is 46.6 Å². The van der Waals surface area contributed by atoms with Gasteiger partial charge in [-0.15, -0.1) is 0 Å². The van der Waals surface area contributed by atoms with Crippen LogP contribution in [0.4, 0.5) is 0 Å². The lowest BCUT2D eigenvalue weighted by atomic mass is 10.0. The van der Waals surface area contributed by atoms with Crippen molar-refractivity contribution < 1.29 is 14.1 Å². The molecule has 2 aromatic rings. The molecule has 3 rings (SSSR count). The van der Waals surface area contributed by atoms with Crippen LogP contribution < -0.4 is 5.32 Å². The number of benzene rings is 1. The molecular weight excluding hydrogens is 318 g/mol. The molecule has 0 aliphatic carbocycles. The molecule has 6 nitrogen and oxygen atoms in total. The van der Waals surface area contributed by atoms with E-state index in [0.717, 1.165) is 26.3 Å². The zero-order valence-electron chi connectivity index (χ0n) is 15.0. The third kappa shape index (κ3) is 4.08. The minimum absolute atomic E-state index is 0.119. The average Bonchev–Trinajstić information content (AvgIpc) is 2.94. The third-order valence-corrected chi connectivity index (χ3v) is 4.63. The van der Waals surface area contributed by atoms with Crippen LogP contribution in [-0.4, -0.2) is 48.8 Å². The number of nitrogens with one attached hydrogen (secondary N) is 1. The van der Waals surface area contributed by atoms with Gasteiger partial charge in [0, 0.05) is 19.6 Å². The number of morpholine rings is 1. The molecule has 1 aromatic carbocycles. The van der Waals surface area contributed by atoms with E-state index in [1.807, 2.05) is 0 Å². The molecule has 1 aliphatic heterocycles. The molecule has 6 heteroatoms. The van der Waals surface area contributed by atoms with Crippen molar-refractivity contribution in [2.45, 2.75) is 26.8 Å². The first-order valence-electron chi connectivity index (χ1n) is 8.65. The summed E-state index contributed by atoms with van der Waals surface area (Å²) < 4.78 is 10.6. The van der Waals surface area contributed by atoms with Gasteiger partial charge in [-0.25, -0.2) is 0 Å². The fourth-order valence-electron chi connectivity index (χ4n) is 3.31. The minimum atomic E-state index is -0.137. The van der Waals surface area contributed by atoms with E-state index in [4.69, 9.17) is 9.26 Å². The largest absolute Gasteiger partial charge is 0.379 e. The smallest absolute Gasteiger partial charge is 0.256 e. The highest BCUT2D eigenvalue weighted by atomic mass is 16.5. The summed E-state index contributed by atoms with van der Waals surface area (Å²) in [7, 11) is 0. The number of carbonyl (C=O) groups excluding carboxylic acids is 1. The molecule has 0 saturated carbocycles. The number of nitrogens with zero attached hydrogens (tertiary/aromatic N) is 2. The van der Waals surface area contributed by atoms with E-state index in [0.29, 0.717) is 23.6 Å². The number of aromatic nitrogens is 1. The Labute approximate surface area is 148 Å². The maximum atomic E-state index is 12.6. The Morgan fingerprint density at radius 1 is 1.28 bits per heavy atom. The molecule has 25 heavy (non-hydrogen) atoms. The van der Waals surface area contributed by atoms with Crippen LogP contribution in [0.15, 0.2) is 28.8 Å². The Morgan fingerprint density at radius 3 is 2.68 bits per heavy atom. The van der Waals surface area contributed by atoms with Crippen molar-refractivity contribution in [3.05, 3.63) is 52.4 Å². The number of hydrogen-bond acceptors (Lipinski definition) is 5. The molecule has 2 heterocycles. The molecule has 1 N–H and O–H groups in total. The molecule has 0 unspecified atom stereocenters. The summed E-state index contributed by atoms with van der Waals surface area (Å²) in [5.41, 5.74) is 3.58. The number of aryl methyl sites for hydroxylation is 3. The molecule has 134 valence electrons. The average molecular weight is 343 g/mol. The second-order valence-electron chi connectivity index (χ2n) is 6.49. The van der Waals surface area contributed by atoms with Crippen molar-refractivity contribution >= 4 is 5.91 Å². The number of carbonyl (C=O) groups is 1. The Balaban J connectivity index is 1.76. The molecule has 1 fully saturated rings. The molecule has 1 saturated heterocycles. The number of rotatable bonds is 5. The fourth-order valence-corrected chi connectivity index (χ4v) is 3.31. The number of amides is 1. The summed E-state index contributed by atoms with van der Waals surface area (Å²) in [5, 5.41) is 6.92. The zero-order chi connectivity index (χ0) is 17.8. The standard InChI is InChI=1S/C19H25N3O3/c1-13-5-4-6-16(11-13)17(22-7-9-24-10-8-22)12-20-19(23)18-14(2)21-25-15(18)3/h4-6,11,17H,7-10,12H2,1-3H3,(H,20,23)/t17-/m0/s1. The molecule has 0 radical (unpaired) electrons. The maximum absolute atomic E-state index is 12.6. The Kier molecular flexibility index (Phi) is 5.50. The van der Waals surface area contributed by atoms with Gasteiger partial charge in [-0.1, -0.05) is 35.0 Å². The number of hydrogen-bond donors (Lipinski definition) is 1. The van der Waals surface area contributed by atoms with Gasteiger partial charge >= 0.3 is 0 Å². The predicted molar refractivity (Wildman–Crippen MR) is 94.6 cm³/mol. The van der Waals surface area contributed by atoms with Crippen LogP contribution in [0.2, 0.25) is 0 Å². The normalized spacial score (nSPS) is 16.6. The summed E-state index contributed by atoms with van der Waals surface area (Å²) in [5.74, 6) is 0.413. The van der Waals surface area contributed by atoms with E-state index in [9.17, 15) is 4.79 Å². The van der Waals surface area contributed by atoms with Gasteiger partial charge in [-0.3, -0.25) is 9.69 Å². The van der Waals surface area contributed by atoms with Crippen LogP contribution in [0.1, 0.15) is 39.0 Å². The van der Waals surface area contributed by atoms with E-state index in [-0.39, 0.29) is 11.9 Å². The van der Waals surface area contributed by atoms with Gasteiger partial charge in [0.2, 0.25) is 0 Å². The van der Waals surface area contributed by atoms with Crippen molar-refractivity contribution in [1.29, 1.82) is 0 Å². The van der Waals surface area contributed by atoms with Crippen LogP contribution in [0, 0.1) is 20.8 Å². The van der Waals surface area contributed by atoms with Gasteiger partial charge in [0.15, 0.2) is 0 Å². The summed E-state index contributed by atoms with van der Waals surface area (Å²) in [4.78, 5) is 14.9. The molecule has 1 amide bonds. The van der Waals surface area contributed by atoms with Gasteiger partial charge in [-0.05, 0) is 26.3 Å². The lowest BCUT2D eigenvalue weighted by Crippen LogP contribution is -2.44. The van der Waals surface area contributed by atoms with Crippen molar-refractivity contribution in [1.82, 2.24) is 15.4 Å². The van der Waals surface area contributed by atoms with Gasteiger partial charge in [0.25, 0.3) is 5.91 Å². The lowest BCUT2D eigenvalue weighted by molar-refractivity contribution is 0.0162. The van der Waals surface area contributed by atoms with Gasteiger partial charge < -0.3 is 14.6 Å². The minimum Gasteiger partial charge on any atom is -0.379 e. The predicted octanol–water partition coefficient (Wildman–Crippen LogP) is 2.40. The van der Waals surface area contributed by atoms with Gasteiger partial charge in [0.1, 0.15) is 11.3 Å². The SMILES string of the molecule is Cc1cccc([C@H](CNC(=O)c2c(C)noc2C)N2CCOCC2)c1. The van der Waals surface area contributed by atoms with E-state index in [1.165, 1.54) is 11.1 Å². The molecule has 0 spiro atoms. The van der Waals surface area contributed by atoms with Gasteiger partial charge in [0.05, 0.1) is 24.9 Å². The number of ether oxygens (including phenoxy) is 1. The first-order chi connectivity index (χ1) is 12.1. The first kappa shape index (κ1) is 17.6. The third-order valence-electron chi connectivity index (χ3n) is 4.63. The highest BCUT2D eigenvalue weighted by Crippen LogP contribution is 2.22. The Hall–Kier alpha value is -2.18. The second kappa shape index (κ2) is 7.80. The quantitative estimate of drug-likeness (QED) is 0.903. The van der Waals surface area contributed by atoms with Crippen LogP contribution in [-0.2, 0) is 4.74 Å². The zero-order valence-corrected chi connectivity index (χ0v) is 15.0. The van der Waals surface area contributed by atoms with Crippen LogP contribution in [0.5, 0.6) is 0 Å². The Bertz CT molecular complexity index is 716. The topological polar surface area (TPSA) is 67.6 Å². The van der Waals surface area contributed by atoms with Crippen molar-refractivity contribution in [3.63, 3.8) is 0 Å². The first-order valence-corrected chi connectivity index (χ1v) is 8.65. The van der Waals surface area contributed by atoms with Gasteiger partial charge in [-0.2, -0.15) is 0 Å². The van der Waals surface area contributed by atoms with Crippen molar-refractivity contribution in [3.8, 4) is 0 Å². The summed E-state index contributed by atoms with van der Waals surface area (Å²) in [6, 6.07) is 8.57. The van der Waals surface area contributed by atoms with Crippen molar-refractivity contribution in [2.75, 3.05) is 32.8 Å². The highest BCUT2D eigenvalue weighted by molar-refractivity contribution is 5.96. The van der Waals surface area contributed by atoms with E-state index >= 15 is 0 Å². The second-order valence-corrected chi connectivity index (χ2v) is 6.49. The maximum Gasteiger partial charge on any atom is 0.256 e. The molecule has 1 atom stereocenters. The van der Waals surface area contributed by atoms with E-state index in [1.54, 1.807) is 13.8 Å². The lowest BCUT2D eigenvalue weighted by Gasteiger charge is -2.35. The van der Waals surface area contributed by atoms with Crippen LogP contribution in [0.25, 0.3) is 0 Å². The van der Waals surface area contributed by atoms with Crippen LogP contribution >= 0.6 is 0 Å².